The van der Waals surface area contributed by atoms with Crippen molar-refractivity contribution < 1.29 is 9.47 Å². The molecule has 27 heavy (non-hydrogen) atoms. The van der Waals surface area contributed by atoms with E-state index in [1.165, 1.54) is 31.5 Å². The lowest BCUT2D eigenvalue weighted by atomic mass is 9.99. The standard InChI is InChI=1S/C20H34N4O2.HI/c1-16-8-13-24(14-9-16)12-4-10-22-20(21)23-11-7-17-5-6-18(25-2)19(15-17)26-3;/h5-6,15-16H,4,7-14H2,1-3H3,(H3,21,22,23);1H. The average Bonchev–Trinajstić information content (AvgIpc) is 2.66. The molecule has 0 unspecified atom stereocenters. The molecule has 2 rings (SSSR count). The topological polar surface area (TPSA) is 72.1 Å². The summed E-state index contributed by atoms with van der Waals surface area (Å²) < 4.78 is 10.6. The van der Waals surface area contributed by atoms with Gasteiger partial charge in [-0.3, -0.25) is 4.99 Å². The van der Waals surface area contributed by atoms with Crippen molar-refractivity contribution in [1.29, 1.82) is 0 Å². The summed E-state index contributed by atoms with van der Waals surface area (Å²) in [6.45, 7) is 7.44. The number of ether oxygens (including phenoxy) is 2. The number of rotatable bonds is 9. The number of likely N-dealkylation sites (tertiary alicyclic amines) is 1. The highest BCUT2D eigenvalue weighted by atomic mass is 127. The SMILES string of the molecule is COc1ccc(CCNC(N)=NCCCN2CCC(C)CC2)cc1OC.I. The molecular weight excluding hydrogens is 455 g/mol. The Balaban J connectivity index is 0.00000364. The summed E-state index contributed by atoms with van der Waals surface area (Å²) >= 11 is 0. The van der Waals surface area contributed by atoms with E-state index >= 15 is 0 Å². The first-order valence-electron chi connectivity index (χ1n) is 9.59. The molecule has 0 saturated carbocycles. The van der Waals surface area contributed by atoms with E-state index in [0.29, 0.717) is 5.96 Å². The molecule has 0 aromatic heterocycles. The van der Waals surface area contributed by atoms with Crippen LogP contribution in [0.5, 0.6) is 11.5 Å². The summed E-state index contributed by atoms with van der Waals surface area (Å²) in [6, 6.07) is 5.95. The van der Waals surface area contributed by atoms with Crippen LogP contribution in [0.25, 0.3) is 0 Å². The second kappa shape index (κ2) is 13.0. The van der Waals surface area contributed by atoms with Gasteiger partial charge in [0.25, 0.3) is 0 Å². The molecule has 7 heteroatoms. The Morgan fingerprint density at radius 1 is 1.22 bits per heavy atom. The van der Waals surface area contributed by atoms with Gasteiger partial charge < -0.3 is 25.4 Å². The van der Waals surface area contributed by atoms with Gasteiger partial charge in [-0.2, -0.15) is 0 Å². The number of nitrogens with zero attached hydrogens (tertiary/aromatic N) is 2. The van der Waals surface area contributed by atoms with E-state index in [2.05, 4.69) is 22.1 Å². The molecule has 6 nitrogen and oxygen atoms in total. The van der Waals surface area contributed by atoms with Gasteiger partial charge in [0.15, 0.2) is 17.5 Å². The van der Waals surface area contributed by atoms with Crippen molar-refractivity contribution in [3.8, 4) is 11.5 Å². The first-order chi connectivity index (χ1) is 12.6. The Labute approximate surface area is 180 Å². The predicted octanol–water partition coefficient (Wildman–Crippen LogP) is 2.89. The molecule has 0 spiro atoms. The molecule has 154 valence electrons. The van der Waals surface area contributed by atoms with Gasteiger partial charge in [0.05, 0.1) is 14.2 Å². The Bertz CT molecular complexity index is 575. The van der Waals surface area contributed by atoms with Crippen molar-refractivity contribution >= 4 is 29.9 Å². The molecule has 1 heterocycles. The molecule has 1 aliphatic heterocycles. The van der Waals surface area contributed by atoms with Gasteiger partial charge in [-0.25, -0.2) is 0 Å². The fourth-order valence-corrected chi connectivity index (χ4v) is 3.21. The van der Waals surface area contributed by atoms with E-state index in [1.54, 1.807) is 14.2 Å². The summed E-state index contributed by atoms with van der Waals surface area (Å²) in [4.78, 5) is 6.97. The average molecular weight is 490 g/mol. The molecule has 0 aliphatic carbocycles. The number of guanidine groups is 1. The fraction of sp³-hybridized carbons (Fsp3) is 0.650. The van der Waals surface area contributed by atoms with Crippen LogP contribution in [-0.4, -0.2) is 57.8 Å². The van der Waals surface area contributed by atoms with Crippen molar-refractivity contribution in [3.05, 3.63) is 23.8 Å². The van der Waals surface area contributed by atoms with Crippen LogP contribution in [0.2, 0.25) is 0 Å². The number of hydrogen-bond acceptors (Lipinski definition) is 4. The molecule has 1 aliphatic rings. The number of methoxy groups -OCH3 is 2. The third-order valence-electron chi connectivity index (χ3n) is 4.96. The molecule has 1 aromatic carbocycles. The highest BCUT2D eigenvalue weighted by molar-refractivity contribution is 14.0. The number of piperidine rings is 1. The van der Waals surface area contributed by atoms with E-state index in [-0.39, 0.29) is 24.0 Å². The zero-order chi connectivity index (χ0) is 18.8. The van der Waals surface area contributed by atoms with Gasteiger partial charge in [0, 0.05) is 13.1 Å². The first kappa shape index (κ1) is 23.8. The van der Waals surface area contributed by atoms with E-state index in [0.717, 1.165) is 49.9 Å². The zero-order valence-electron chi connectivity index (χ0n) is 16.9. The minimum absolute atomic E-state index is 0. The number of nitrogens with two attached hydrogens (primary N) is 1. The van der Waals surface area contributed by atoms with Gasteiger partial charge in [0.2, 0.25) is 0 Å². The van der Waals surface area contributed by atoms with Crippen LogP contribution in [0.4, 0.5) is 0 Å². The molecule has 1 saturated heterocycles. The molecule has 0 radical (unpaired) electrons. The maximum Gasteiger partial charge on any atom is 0.188 e. The van der Waals surface area contributed by atoms with E-state index in [9.17, 15) is 0 Å². The minimum Gasteiger partial charge on any atom is -0.493 e. The number of benzene rings is 1. The van der Waals surface area contributed by atoms with Crippen LogP contribution < -0.4 is 20.5 Å². The third kappa shape index (κ3) is 8.55. The summed E-state index contributed by atoms with van der Waals surface area (Å²) in [5.41, 5.74) is 7.13. The molecule has 1 fully saturated rings. The number of aliphatic imine (C=N–C) groups is 1. The normalized spacial score (nSPS) is 15.9. The second-order valence-electron chi connectivity index (χ2n) is 7.01. The molecule has 0 amide bonds. The van der Waals surface area contributed by atoms with Crippen LogP contribution in [0.3, 0.4) is 0 Å². The van der Waals surface area contributed by atoms with Gasteiger partial charge in [-0.05, 0) is 68.9 Å². The lowest BCUT2D eigenvalue weighted by molar-refractivity contribution is 0.192. The van der Waals surface area contributed by atoms with Crippen LogP contribution in [0.1, 0.15) is 31.7 Å². The lowest BCUT2D eigenvalue weighted by Crippen LogP contribution is -2.35. The zero-order valence-corrected chi connectivity index (χ0v) is 19.2. The van der Waals surface area contributed by atoms with Crippen LogP contribution in [0.15, 0.2) is 23.2 Å². The monoisotopic (exact) mass is 490 g/mol. The number of nitrogens with one attached hydrogen (secondary N) is 1. The Morgan fingerprint density at radius 2 is 1.93 bits per heavy atom. The summed E-state index contributed by atoms with van der Waals surface area (Å²) in [7, 11) is 3.29. The minimum atomic E-state index is 0. The highest BCUT2D eigenvalue weighted by Crippen LogP contribution is 2.27. The molecule has 0 bridgehead atoms. The Morgan fingerprint density at radius 3 is 2.59 bits per heavy atom. The van der Waals surface area contributed by atoms with E-state index < -0.39 is 0 Å². The number of hydrogen-bond donors (Lipinski definition) is 2. The maximum absolute atomic E-state index is 5.96. The Kier molecular flexibility index (Phi) is 11.5. The van der Waals surface area contributed by atoms with Gasteiger partial charge in [0.1, 0.15) is 0 Å². The van der Waals surface area contributed by atoms with Crippen LogP contribution >= 0.6 is 24.0 Å². The van der Waals surface area contributed by atoms with Crippen molar-refractivity contribution in [3.63, 3.8) is 0 Å². The molecular formula is C20H35IN4O2. The van der Waals surface area contributed by atoms with Crippen molar-refractivity contribution in [2.45, 2.75) is 32.6 Å². The van der Waals surface area contributed by atoms with Crippen molar-refractivity contribution in [1.82, 2.24) is 10.2 Å². The summed E-state index contributed by atoms with van der Waals surface area (Å²) in [5.74, 6) is 2.90. The smallest absolute Gasteiger partial charge is 0.188 e. The largest absolute Gasteiger partial charge is 0.493 e. The number of halogens is 1. The lowest BCUT2D eigenvalue weighted by Gasteiger charge is -2.29. The van der Waals surface area contributed by atoms with Crippen molar-refractivity contribution in [2.24, 2.45) is 16.6 Å². The highest BCUT2D eigenvalue weighted by Gasteiger charge is 2.14. The van der Waals surface area contributed by atoms with Gasteiger partial charge >= 0.3 is 0 Å². The first-order valence-corrected chi connectivity index (χ1v) is 9.59. The van der Waals surface area contributed by atoms with E-state index in [1.807, 2.05) is 18.2 Å². The fourth-order valence-electron chi connectivity index (χ4n) is 3.21. The molecule has 3 N–H and O–H groups in total. The van der Waals surface area contributed by atoms with E-state index in [4.69, 9.17) is 15.2 Å². The van der Waals surface area contributed by atoms with Gasteiger partial charge in [-0.15, -0.1) is 24.0 Å². The van der Waals surface area contributed by atoms with Crippen LogP contribution in [0, 0.1) is 5.92 Å². The van der Waals surface area contributed by atoms with Crippen molar-refractivity contribution in [2.75, 3.05) is 46.9 Å². The van der Waals surface area contributed by atoms with Crippen LogP contribution in [-0.2, 0) is 6.42 Å². The molecule has 1 aromatic rings. The quantitative estimate of drug-likeness (QED) is 0.241. The predicted molar refractivity (Wildman–Crippen MR) is 123 cm³/mol. The summed E-state index contributed by atoms with van der Waals surface area (Å²) in [5, 5.41) is 3.18. The second-order valence-corrected chi connectivity index (χ2v) is 7.01. The third-order valence-corrected chi connectivity index (χ3v) is 4.96. The molecule has 0 atom stereocenters. The Hall–Kier alpha value is -1.22. The van der Waals surface area contributed by atoms with Gasteiger partial charge in [-0.1, -0.05) is 13.0 Å². The summed E-state index contributed by atoms with van der Waals surface area (Å²) in [6.07, 6.45) is 4.56. The maximum atomic E-state index is 5.96.